The summed E-state index contributed by atoms with van der Waals surface area (Å²) in [5.74, 6) is -0.881. The summed E-state index contributed by atoms with van der Waals surface area (Å²) in [6.07, 6.45) is 0. The van der Waals surface area contributed by atoms with Gasteiger partial charge < -0.3 is 10.4 Å². The van der Waals surface area contributed by atoms with Crippen molar-refractivity contribution in [3.05, 3.63) is 29.3 Å². The molecule has 1 aromatic carbocycles. The lowest BCUT2D eigenvalue weighted by molar-refractivity contribution is 0.0697. The molecular formula is C10H13NO2. The Morgan fingerprint density at radius 3 is 2.77 bits per heavy atom. The van der Waals surface area contributed by atoms with Gasteiger partial charge in [-0.1, -0.05) is 12.1 Å². The number of rotatable bonds is 3. The molecule has 0 saturated carbocycles. The molecule has 0 aromatic heterocycles. The Hall–Kier alpha value is -1.51. The first-order valence-corrected chi connectivity index (χ1v) is 4.23. The first-order valence-electron chi connectivity index (χ1n) is 4.23. The summed E-state index contributed by atoms with van der Waals surface area (Å²) in [4.78, 5) is 10.9. The zero-order valence-corrected chi connectivity index (χ0v) is 7.79. The van der Waals surface area contributed by atoms with Crippen molar-refractivity contribution in [2.24, 2.45) is 0 Å². The molecule has 13 heavy (non-hydrogen) atoms. The van der Waals surface area contributed by atoms with E-state index in [9.17, 15) is 4.79 Å². The lowest BCUT2D eigenvalue weighted by Gasteiger charge is -2.09. The van der Waals surface area contributed by atoms with E-state index in [0.29, 0.717) is 11.3 Å². The predicted octanol–water partition coefficient (Wildman–Crippen LogP) is 2.13. The van der Waals surface area contributed by atoms with Gasteiger partial charge in [0, 0.05) is 12.2 Å². The molecule has 0 bridgehead atoms. The van der Waals surface area contributed by atoms with Crippen LogP contribution in [0.3, 0.4) is 0 Å². The van der Waals surface area contributed by atoms with Crippen molar-refractivity contribution < 1.29 is 9.90 Å². The average molecular weight is 179 g/mol. The highest BCUT2D eigenvalue weighted by Crippen LogP contribution is 2.18. The van der Waals surface area contributed by atoms with Crippen molar-refractivity contribution in [3.8, 4) is 0 Å². The van der Waals surface area contributed by atoms with Crippen LogP contribution in [0.15, 0.2) is 18.2 Å². The minimum Gasteiger partial charge on any atom is -0.478 e. The normalized spacial score (nSPS) is 9.69. The van der Waals surface area contributed by atoms with E-state index in [-0.39, 0.29) is 0 Å². The fourth-order valence-electron chi connectivity index (χ4n) is 1.29. The molecule has 1 rings (SSSR count). The zero-order valence-electron chi connectivity index (χ0n) is 7.79. The van der Waals surface area contributed by atoms with Crippen LogP contribution in [0.1, 0.15) is 22.8 Å². The summed E-state index contributed by atoms with van der Waals surface area (Å²) in [5, 5.41) is 12.0. The maximum Gasteiger partial charge on any atom is 0.338 e. The molecule has 0 amide bonds. The molecule has 3 nitrogen and oxygen atoms in total. The lowest BCUT2D eigenvalue weighted by atomic mass is 10.1. The van der Waals surface area contributed by atoms with E-state index >= 15 is 0 Å². The van der Waals surface area contributed by atoms with Gasteiger partial charge in [-0.3, -0.25) is 0 Å². The van der Waals surface area contributed by atoms with Crippen molar-refractivity contribution >= 4 is 11.7 Å². The van der Waals surface area contributed by atoms with Crippen LogP contribution >= 0.6 is 0 Å². The summed E-state index contributed by atoms with van der Waals surface area (Å²) in [6, 6.07) is 5.42. The molecule has 0 atom stereocenters. The van der Waals surface area contributed by atoms with Crippen LogP contribution in [-0.4, -0.2) is 17.6 Å². The van der Waals surface area contributed by atoms with Crippen molar-refractivity contribution in [3.63, 3.8) is 0 Å². The van der Waals surface area contributed by atoms with E-state index < -0.39 is 5.97 Å². The Kier molecular flexibility index (Phi) is 2.90. The Bertz CT molecular complexity index is 321. The van der Waals surface area contributed by atoms with E-state index in [1.54, 1.807) is 19.1 Å². The highest BCUT2D eigenvalue weighted by molar-refractivity contribution is 5.95. The molecule has 0 unspecified atom stereocenters. The van der Waals surface area contributed by atoms with Gasteiger partial charge >= 0.3 is 5.97 Å². The van der Waals surface area contributed by atoms with E-state index in [2.05, 4.69) is 5.32 Å². The Balaban J connectivity index is 3.17. The molecule has 0 radical (unpaired) electrons. The molecular weight excluding hydrogens is 166 g/mol. The second-order valence-electron chi connectivity index (χ2n) is 2.83. The number of hydrogen-bond acceptors (Lipinski definition) is 2. The Morgan fingerprint density at radius 1 is 1.54 bits per heavy atom. The van der Waals surface area contributed by atoms with Gasteiger partial charge in [0.05, 0.1) is 5.56 Å². The second kappa shape index (κ2) is 3.94. The van der Waals surface area contributed by atoms with Gasteiger partial charge in [0.1, 0.15) is 0 Å². The number of nitrogens with one attached hydrogen (secondary N) is 1. The molecule has 0 aliphatic rings. The molecule has 1 aromatic rings. The summed E-state index contributed by atoms with van der Waals surface area (Å²) in [7, 11) is 0. The number of aryl methyl sites for hydroxylation is 1. The van der Waals surface area contributed by atoms with Gasteiger partial charge in [-0.05, 0) is 25.5 Å². The molecule has 0 spiro atoms. The number of aromatic carboxylic acids is 1. The van der Waals surface area contributed by atoms with Gasteiger partial charge in [0.2, 0.25) is 0 Å². The van der Waals surface area contributed by atoms with E-state index in [0.717, 1.165) is 12.1 Å². The van der Waals surface area contributed by atoms with Crippen molar-refractivity contribution in [2.75, 3.05) is 11.9 Å². The first-order chi connectivity index (χ1) is 6.16. The van der Waals surface area contributed by atoms with Crippen LogP contribution < -0.4 is 5.32 Å². The van der Waals surface area contributed by atoms with Crippen LogP contribution in [0.2, 0.25) is 0 Å². The predicted molar refractivity (Wildman–Crippen MR) is 52.3 cm³/mol. The minimum absolute atomic E-state index is 0.365. The number of carboxylic acid groups (broad SMARTS) is 1. The molecule has 0 saturated heterocycles. The third kappa shape index (κ3) is 1.99. The van der Waals surface area contributed by atoms with Crippen molar-refractivity contribution in [1.82, 2.24) is 0 Å². The quantitative estimate of drug-likeness (QED) is 0.747. The first kappa shape index (κ1) is 9.58. The number of hydrogen-bond donors (Lipinski definition) is 2. The second-order valence-corrected chi connectivity index (χ2v) is 2.83. The van der Waals surface area contributed by atoms with E-state index in [1.165, 1.54) is 0 Å². The number of carboxylic acids is 1. The Morgan fingerprint density at radius 2 is 2.23 bits per heavy atom. The SMILES string of the molecule is CCNc1cccc(C)c1C(=O)O. The van der Waals surface area contributed by atoms with Crippen LogP contribution in [0.5, 0.6) is 0 Å². The van der Waals surface area contributed by atoms with Crippen LogP contribution in [0.4, 0.5) is 5.69 Å². The monoisotopic (exact) mass is 179 g/mol. The smallest absolute Gasteiger partial charge is 0.338 e. The van der Waals surface area contributed by atoms with Gasteiger partial charge in [-0.2, -0.15) is 0 Å². The maximum absolute atomic E-state index is 10.9. The van der Waals surface area contributed by atoms with Crippen LogP contribution in [0, 0.1) is 6.92 Å². The maximum atomic E-state index is 10.9. The highest BCUT2D eigenvalue weighted by atomic mass is 16.4. The zero-order chi connectivity index (χ0) is 9.84. The van der Waals surface area contributed by atoms with Crippen LogP contribution in [-0.2, 0) is 0 Å². The molecule has 0 aliphatic heterocycles. The summed E-state index contributed by atoms with van der Waals surface area (Å²) < 4.78 is 0. The Labute approximate surface area is 77.4 Å². The standard InChI is InChI=1S/C10H13NO2/c1-3-11-8-6-4-5-7(2)9(8)10(12)13/h4-6,11H,3H2,1-2H3,(H,12,13). The third-order valence-electron chi connectivity index (χ3n) is 1.85. The summed E-state index contributed by atoms with van der Waals surface area (Å²) in [6.45, 7) is 4.46. The molecule has 3 heteroatoms. The summed E-state index contributed by atoms with van der Waals surface area (Å²) >= 11 is 0. The molecule has 70 valence electrons. The van der Waals surface area contributed by atoms with Gasteiger partial charge in [-0.15, -0.1) is 0 Å². The number of carbonyl (C=O) groups is 1. The molecule has 0 fully saturated rings. The topological polar surface area (TPSA) is 49.3 Å². The van der Waals surface area contributed by atoms with Gasteiger partial charge in [0.25, 0.3) is 0 Å². The van der Waals surface area contributed by atoms with E-state index in [1.807, 2.05) is 13.0 Å². The number of benzene rings is 1. The van der Waals surface area contributed by atoms with Crippen molar-refractivity contribution in [1.29, 1.82) is 0 Å². The molecule has 2 N–H and O–H groups in total. The summed E-state index contributed by atoms with van der Waals surface area (Å²) in [5.41, 5.74) is 1.84. The van der Waals surface area contributed by atoms with Crippen molar-refractivity contribution in [2.45, 2.75) is 13.8 Å². The number of anilines is 1. The lowest BCUT2D eigenvalue weighted by Crippen LogP contribution is -2.07. The minimum atomic E-state index is -0.881. The fourth-order valence-corrected chi connectivity index (χ4v) is 1.29. The highest BCUT2D eigenvalue weighted by Gasteiger charge is 2.11. The van der Waals surface area contributed by atoms with E-state index in [4.69, 9.17) is 5.11 Å². The average Bonchev–Trinajstić information content (AvgIpc) is 2.04. The van der Waals surface area contributed by atoms with Crippen LogP contribution in [0.25, 0.3) is 0 Å². The van der Waals surface area contributed by atoms with Gasteiger partial charge in [-0.25, -0.2) is 4.79 Å². The largest absolute Gasteiger partial charge is 0.478 e. The van der Waals surface area contributed by atoms with Gasteiger partial charge in [0.15, 0.2) is 0 Å². The fraction of sp³-hybridized carbons (Fsp3) is 0.300. The third-order valence-corrected chi connectivity index (χ3v) is 1.85. The molecule has 0 heterocycles. The molecule has 0 aliphatic carbocycles.